The van der Waals surface area contributed by atoms with E-state index in [1.807, 2.05) is 13.8 Å². The molecule has 0 atom stereocenters. The number of para-hydroxylation sites is 1. The van der Waals surface area contributed by atoms with Crippen LogP contribution in [0.1, 0.15) is 37.0 Å². The van der Waals surface area contributed by atoms with Gasteiger partial charge in [0.25, 0.3) is 17.3 Å². The van der Waals surface area contributed by atoms with Gasteiger partial charge in [-0.15, -0.1) is 0 Å². The number of nitrogens with one attached hydrogen (secondary N) is 1. The van der Waals surface area contributed by atoms with E-state index in [0.717, 1.165) is 18.2 Å². The highest BCUT2D eigenvalue weighted by molar-refractivity contribution is 6.06. The van der Waals surface area contributed by atoms with Crippen molar-refractivity contribution in [3.63, 3.8) is 0 Å². The van der Waals surface area contributed by atoms with Crippen molar-refractivity contribution in [2.75, 3.05) is 18.0 Å². The van der Waals surface area contributed by atoms with Crippen LogP contribution in [0.15, 0.2) is 48.5 Å². The topological polar surface area (TPSA) is 136 Å². The van der Waals surface area contributed by atoms with Crippen molar-refractivity contribution < 1.29 is 19.4 Å². The molecule has 2 rings (SSSR count). The zero-order valence-corrected chi connectivity index (χ0v) is 17.3. The van der Waals surface area contributed by atoms with E-state index in [1.54, 1.807) is 30.3 Å². The van der Waals surface area contributed by atoms with Crippen LogP contribution in [-0.2, 0) is 4.79 Å². The Bertz CT molecular complexity index is 929. The number of rotatable bonds is 10. The number of nitro groups is 2. The van der Waals surface area contributed by atoms with Gasteiger partial charge in [-0.25, -0.2) is 0 Å². The number of hydrogen-bond acceptors (Lipinski definition) is 6. The second-order valence-electron chi connectivity index (χ2n) is 7.35. The lowest BCUT2D eigenvalue weighted by Crippen LogP contribution is -2.34. The quantitative estimate of drug-likeness (QED) is 0.348. The maximum Gasteiger partial charge on any atom is 0.277 e. The van der Waals surface area contributed by atoms with Gasteiger partial charge in [-0.3, -0.25) is 29.8 Å². The molecule has 31 heavy (non-hydrogen) atoms. The summed E-state index contributed by atoms with van der Waals surface area (Å²) in [6, 6.07) is 11.5. The number of hydrogen-bond donors (Lipinski definition) is 1. The molecular formula is C21H24N4O6. The van der Waals surface area contributed by atoms with Gasteiger partial charge in [0.2, 0.25) is 5.91 Å². The predicted octanol–water partition coefficient (Wildman–Crippen LogP) is 3.70. The molecule has 1 N–H and O–H groups in total. The van der Waals surface area contributed by atoms with Gasteiger partial charge in [0.1, 0.15) is 0 Å². The van der Waals surface area contributed by atoms with Crippen LogP contribution >= 0.6 is 0 Å². The van der Waals surface area contributed by atoms with Crippen LogP contribution in [0.3, 0.4) is 0 Å². The van der Waals surface area contributed by atoms with E-state index >= 15 is 0 Å². The van der Waals surface area contributed by atoms with Crippen LogP contribution in [0.25, 0.3) is 0 Å². The van der Waals surface area contributed by atoms with Gasteiger partial charge in [-0.1, -0.05) is 32.0 Å². The standard InChI is InChI=1S/C21H24N4O6/c1-15(2)11-20(26)22-9-6-10-23(17-7-4-3-5-8-17)21(27)16-12-18(24(28)29)14-19(13-16)25(30)31/h3-5,7-8,12-15H,6,9-11H2,1-2H3,(H,22,26). The van der Waals surface area contributed by atoms with E-state index < -0.39 is 27.1 Å². The lowest BCUT2D eigenvalue weighted by atomic mass is 10.1. The Kier molecular flexibility index (Phi) is 8.18. The van der Waals surface area contributed by atoms with Crippen LogP contribution in [0.2, 0.25) is 0 Å². The second-order valence-corrected chi connectivity index (χ2v) is 7.35. The molecule has 2 aromatic rings. The average molecular weight is 428 g/mol. The molecule has 0 bridgehead atoms. The third-order valence-electron chi connectivity index (χ3n) is 4.36. The molecule has 0 saturated heterocycles. The van der Waals surface area contributed by atoms with Crippen LogP contribution < -0.4 is 10.2 Å². The van der Waals surface area contributed by atoms with Crippen molar-refractivity contribution in [2.45, 2.75) is 26.7 Å². The van der Waals surface area contributed by atoms with Crippen molar-refractivity contribution in [1.82, 2.24) is 5.32 Å². The Morgan fingerprint density at radius 3 is 2.10 bits per heavy atom. The highest BCUT2D eigenvalue weighted by atomic mass is 16.6. The summed E-state index contributed by atoms with van der Waals surface area (Å²) in [6.07, 6.45) is 0.834. The van der Waals surface area contributed by atoms with E-state index in [4.69, 9.17) is 0 Å². The summed E-state index contributed by atoms with van der Waals surface area (Å²) in [5, 5.41) is 25.1. The minimum absolute atomic E-state index is 0.0816. The highest BCUT2D eigenvalue weighted by Gasteiger charge is 2.24. The number of non-ortho nitro benzene ring substituents is 2. The van der Waals surface area contributed by atoms with E-state index in [1.165, 1.54) is 4.90 Å². The first-order valence-corrected chi connectivity index (χ1v) is 9.76. The van der Waals surface area contributed by atoms with Gasteiger partial charge in [0.15, 0.2) is 0 Å². The van der Waals surface area contributed by atoms with Crippen molar-refractivity contribution in [1.29, 1.82) is 0 Å². The van der Waals surface area contributed by atoms with E-state index in [9.17, 15) is 29.8 Å². The minimum Gasteiger partial charge on any atom is -0.356 e. The molecule has 0 fully saturated rings. The first-order chi connectivity index (χ1) is 14.7. The summed E-state index contributed by atoms with van der Waals surface area (Å²) < 4.78 is 0. The molecule has 0 radical (unpaired) electrons. The maximum absolute atomic E-state index is 13.2. The Morgan fingerprint density at radius 2 is 1.58 bits per heavy atom. The van der Waals surface area contributed by atoms with E-state index in [2.05, 4.69) is 5.32 Å². The predicted molar refractivity (Wildman–Crippen MR) is 115 cm³/mol. The first kappa shape index (κ1) is 23.5. The van der Waals surface area contributed by atoms with Gasteiger partial charge < -0.3 is 10.2 Å². The van der Waals surface area contributed by atoms with Crippen LogP contribution in [-0.4, -0.2) is 34.8 Å². The fourth-order valence-corrected chi connectivity index (χ4v) is 2.95. The van der Waals surface area contributed by atoms with Gasteiger partial charge >= 0.3 is 0 Å². The maximum atomic E-state index is 13.2. The Balaban J connectivity index is 2.24. The molecule has 164 valence electrons. The number of carbonyl (C=O) groups is 2. The summed E-state index contributed by atoms with van der Waals surface area (Å²) in [5.41, 5.74) is -0.693. The van der Waals surface area contributed by atoms with Crippen molar-refractivity contribution in [3.05, 3.63) is 74.3 Å². The van der Waals surface area contributed by atoms with Gasteiger partial charge in [-0.2, -0.15) is 0 Å². The molecule has 0 aliphatic rings. The zero-order valence-electron chi connectivity index (χ0n) is 17.3. The third-order valence-corrected chi connectivity index (χ3v) is 4.36. The number of benzene rings is 2. The minimum atomic E-state index is -0.777. The van der Waals surface area contributed by atoms with Gasteiger partial charge in [0.05, 0.1) is 21.5 Å². The second kappa shape index (κ2) is 10.8. The fraction of sp³-hybridized carbons (Fsp3) is 0.333. The highest BCUT2D eigenvalue weighted by Crippen LogP contribution is 2.25. The molecule has 2 amide bonds. The summed E-state index contributed by atoms with van der Waals surface area (Å²) in [6.45, 7) is 4.43. The van der Waals surface area contributed by atoms with Crippen molar-refractivity contribution >= 4 is 28.9 Å². The fourth-order valence-electron chi connectivity index (χ4n) is 2.95. The molecule has 0 spiro atoms. The lowest BCUT2D eigenvalue weighted by molar-refractivity contribution is -0.394. The largest absolute Gasteiger partial charge is 0.356 e. The molecule has 0 heterocycles. The summed E-state index contributed by atoms with van der Waals surface area (Å²) >= 11 is 0. The Hall–Kier alpha value is -3.82. The molecule has 10 heteroatoms. The summed E-state index contributed by atoms with van der Waals surface area (Å²) in [7, 11) is 0. The number of amides is 2. The first-order valence-electron chi connectivity index (χ1n) is 9.76. The summed E-state index contributed by atoms with van der Waals surface area (Å²) in [5.74, 6) is -0.458. The van der Waals surface area contributed by atoms with Crippen molar-refractivity contribution in [2.24, 2.45) is 5.92 Å². The lowest BCUT2D eigenvalue weighted by Gasteiger charge is -2.23. The molecule has 0 saturated carbocycles. The van der Waals surface area contributed by atoms with Gasteiger partial charge in [-0.05, 0) is 24.5 Å². The van der Waals surface area contributed by atoms with Crippen LogP contribution in [0.4, 0.5) is 17.1 Å². The number of carbonyl (C=O) groups excluding carboxylic acids is 2. The number of nitro benzene ring substituents is 2. The molecular weight excluding hydrogens is 404 g/mol. The van der Waals surface area contributed by atoms with Gasteiger partial charge in [0, 0.05) is 37.3 Å². The SMILES string of the molecule is CC(C)CC(=O)NCCCN(C(=O)c1cc([N+](=O)[O-])cc([N+](=O)[O-])c1)c1ccccc1. The normalized spacial score (nSPS) is 10.5. The molecule has 2 aromatic carbocycles. The monoisotopic (exact) mass is 428 g/mol. The third kappa shape index (κ3) is 6.88. The van der Waals surface area contributed by atoms with E-state index in [0.29, 0.717) is 25.1 Å². The zero-order chi connectivity index (χ0) is 23.0. The Morgan fingerprint density at radius 1 is 1.00 bits per heavy atom. The smallest absolute Gasteiger partial charge is 0.277 e. The summed E-state index contributed by atoms with van der Waals surface area (Å²) in [4.78, 5) is 47.1. The molecule has 0 aromatic heterocycles. The van der Waals surface area contributed by atoms with Crippen LogP contribution in [0.5, 0.6) is 0 Å². The molecule has 0 aliphatic carbocycles. The Labute approximate surface area is 179 Å². The average Bonchev–Trinajstić information content (AvgIpc) is 2.73. The molecule has 0 aliphatic heterocycles. The van der Waals surface area contributed by atoms with Crippen LogP contribution in [0, 0.1) is 26.1 Å². The number of nitrogens with zero attached hydrogens (tertiary/aromatic N) is 3. The van der Waals surface area contributed by atoms with E-state index in [-0.39, 0.29) is 23.9 Å². The van der Waals surface area contributed by atoms with Crippen molar-refractivity contribution in [3.8, 4) is 0 Å². The molecule has 0 unspecified atom stereocenters. The molecule has 10 nitrogen and oxygen atoms in total. The number of anilines is 1.